The highest BCUT2D eigenvalue weighted by Gasteiger charge is 2.46. The van der Waals surface area contributed by atoms with Gasteiger partial charge in [-0.25, -0.2) is 0 Å². The molecule has 1 amide bonds. The maximum Gasteiger partial charge on any atom is 0.295 e. The van der Waals surface area contributed by atoms with E-state index in [2.05, 4.69) is 0 Å². The molecule has 36 heavy (non-hydrogen) atoms. The first-order valence-electron chi connectivity index (χ1n) is 11.4. The van der Waals surface area contributed by atoms with E-state index >= 15 is 0 Å². The molecule has 3 aromatic rings. The highest BCUT2D eigenvalue weighted by atomic mass is 35.5. The average Bonchev–Trinajstić information content (AvgIpc) is 3.14. The van der Waals surface area contributed by atoms with Crippen LogP contribution in [0.1, 0.15) is 36.1 Å². The highest BCUT2D eigenvalue weighted by molar-refractivity contribution is 6.46. The molecule has 1 saturated heterocycles. The number of likely N-dealkylation sites (tertiary alicyclic amines) is 1. The lowest BCUT2D eigenvalue weighted by Gasteiger charge is -2.25. The molecule has 0 saturated carbocycles. The molecule has 1 aliphatic rings. The van der Waals surface area contributed by atoms with Gasteiger partial charge < -0.3 is 19.5 Å². The van der Waals surface area contributed by atoms with Crippen LogP contribution in [0.3, 0.4) is 0 Å². The number of aliphatic hydroxyl groups is 1. The van der Waals surface area contributed by atoms with Crippen molar-refractivity contribution in [3.63, 3.8) is 0 Å². The van der Waals surface area contributed by atoms with Crippen LogP contribution in [0.25, 0.3) is 5.76 Å². The summed E-state index contributed by atoms with van der Waals surface area (Å²) in [6.45, 7) is 2.55. The van der Waals surface area contributed by atoms with E-state index < -0.39 is 17.7 Å². The summed E-state index contributed by atoms with van der Waals surface area (Å²) in [7, 11) is 1.54. The lowest BCUT2D eigenvalue weighted by atomic mass is 9.95. The molecule has 0 aliphatic carbocycles. The number of ketones is 1. The SMILES string of the molecule is CCCN1C(=O)C(=O)/C(=C(\O)c2ccc(Cl)c(Cl)c2)C1c1ccc(OC)c(OCc2ccccc2)c1. The fraction of sp³-hybridized carbons (Fsp3) is 0.214. The summed E-state index contributed by atoms with van der Waals surface area (Å²) in [5.74, 6) is -0.800. The molecule has 1 N–H and O–H groups in total. The Morgan fingerprint density at radius 3 is 2.39 bits per heavy atom. The zero-order valence-electron chi connectivity index (χ0n) is 19.8. The van der Waals surface area contributed by atoms with Gasteiger partial charge in [0, 0.05) is 12.1 Å². The number of Topliss-reactive ketones (excluding diaryl/α,β-unsaturated/α-hetero) is 1. The summed E-state index contributed by atoms with van der Waals surface area (Å²) in [5, 5.41) is 11.7. The number of amides is 1. The number of methoxy groups -OCH3 is 1. The summed E-state index contributed by atoms with van der Waals surface area (Å²) in [5.41, 5.74) is 1.85. The van der Waals surface area contributed by atoms with Crippen molar-refractivity contribution >= 4 is 40.7 Å². The quantitative estimate of drug-likeness (QED) is 0.209. The number of benzene rings is 3. The van der Waals surface area contributed by atoms with Crippen LogP contribution >= 0.6 is 23.2 Å². The number of ether oxygens (including phenoxy) is 2. The fourth-order valence-electron chi connectivity index (χ4n) is 4.21. The molecule has 186 valence electrons. The van der Waals surface area contributed by atoms with E-state index in [-0.39, 0.29) is 21.9 Å². The van der Waals surface area contributed by atoms with Gasteiger partial charge in [-0.2, -0.15) is 0 Å². The lowest BCUT2D eigenvalue weighted by Crippen LogP contribution is -2.30. The summed E-state index contributed by atoms with van der Waals surface area (Å²) in [4.78, 5) is 27.6. The molecule has 1 unspecified atom stereocenters. The summed E-state index contributed by atoms with van der Waals surface area (Å²) < 4.78 is 11.5. The molecule has 8 heteroatoms. The molecule has 0 spiro atoms. The van der Waals surface area contributed by atoms with Crippen LogP contribution in [0, 0.1) is 0 Å². The van der Waals surface area contributed by atoms with E-state index in [9.17, 15) is 14.7 Å². The largest absolute Gasteiger partial charge is 0.507 e. The lowest BCUT2D eigenvalue weighted by molar-refractivity contribution is -0.139. The van der Waals surface area contributed by atoms with Crippen molar-refractivity contribution in [1.29, 1.82) is 0 Å². The third kappa shape index (κ3) is 5.06. The van der Waals surface area contributed by atoms with E-state index in [4.69, 9.17) is 32.7 Å². The third-order valence-corrected chi connectivity index (χ3v) is 6.68. The number of nitrogens with zero attached hydrogens (tertiary/aromatic N) is 1. The topological polar surface area (TPSA) is 76.1 Å². The Kier molecular flexibility index (Phi) is 7.87. The number of carbonyl (C=O) groups is 2. The Morgan fingerprint density at radius 2 is 1.72 bits per heavy atom. The number of hydrogen-bond donors (Lipinski definition) is 1. The molecule has 0 aromatic heterocycles. The predicted molar refractivity (Wildman–Crippen MR) is 140 cm³/mol. The van der Waals surface area contributed by atoms with Gasteiger partial charge >= 0.3 is 0 Å². The zero-order chi connectivity index (χ0) is 25.8. The zero-order valence-corrected chi connectivity index (χ0v) is 21.3. The molecular formula is C28H25Cl2NO5. The molecule has 6 nitrogen and oxygen atoms in total. The summed E-state index contributed by atoms with van der Waals surface area (Å²) in [6.07, 6.45) is 0.629. The normalized spacial score (nSPS) is 16.9. The number of hydrogen-bond acceptors (Lipinski definition) is 5. The Bertz CT molecular complexity index is 1320. The Labute approximate surface area is 219 Å². The van der Waals surface area contributed by atoms with Crippen LogP contribution in [0.15, 0.2) is 72.3 Å². The first kappa shape index (κ1) is 25.6. The molecule has 0 bridgehead atoms. The van der Waals surface area contributed by atoms with Crippen LogP contribution < -0.4 is 9.47 Å². The second-order valence-electron chi connectivity index (χ2n) is 8.31. The minimum Gasteiger partial charge on any atom is -0.507 e. The standard InChI is InChI=1S/C28H25Cl2NO5/c1-3-13-31-25(24(27(33)28(31)34)26(32)19-9-11-20(29)21(30)14-19)18-10-12-22(35-2)23(15-18)36-16-17-7-5-4-6-8-17/h4-12,14-15,25,32H,3,13,16H2,1-2H3/b26-24-. The van der Waals surface area contributed by atoms with E-state index in [0.29, 0.717) is 41.7 Å². The second kappa shape index (κ2) is 11.1. The van der Waals surface area contributed by atoms with Gasteiger partial charge in [-0.15, -0.1) is 0 Å². The van der Waals surface area contributed by atoms with Gasteiger partial charge in [0.1, 0.15) is 12.4 Å². The van der Waals surface area contributed by atoms with E-state index in [0.717, 1.165) is 5.56 Å². The van der Waals surface area contributed by atoms with Crippen molar-refractivity contribution in [2.45, 2.75) is 26.0 Å². The Balaban J connectivity index is 1.80. The number of rotatable bonds is 8. The van der Waals surface area contributed by atoms with Crippen molar-refractivity contribution in [3.05, 3.63) is 99.0 Å². The smallest absolute Gasteiger partial charge is 0.295 e. The average molecular weight is 526 g/mol. The van der Waals surface area contributed by atoms with Gasteiger partial charge in [-0.3, -0.25) is 9.59 Å². The van der Waals surface area contributed by atoms with Gasteiger partial charge in [-0.05, 0) is 47.9 Å². The van der Waals surface area contributed by atoms with Crippen molar-refractivity contribution < 1.29 is 24.2 Å². The Morgan fingerprint density at radius 1 is 0.972 bits per heavy atom. The molecule has 0 radical (unpaired) electrons. The van der Waals surface area contributed by atoms with Crippen molar-refractivity contribution in [3.8, 4) is 11.5 Å². The summed E-state index contributed by atoms with van der Waals surface area (Å²) in [6, 6.07) is 18.6. The molecule has 1 heterocycles. The first-order valence-corrected chi connectivity index (χ1v) is 12.2. The van der Waals surface area contributed by atoms with Gasteiger partial charge in [0.2, 0.25) is 0 Å². The van der Waals surface area contributed by atoms with Crippen LogP contribution in [0.4, 0.5) is 0 Å². The Hall–Kier alpha value is -3.48. The second-order valence-corrected chi connectivity index (χ2v) is 9.12. The first-order chi connectivity index (χ1) is 17.3. The van der Waals surface area contributed by atoms with E-state index in [1.165, 1.54) is 24.1 Å². The minimum absolute atomic E-state index is 0.0222. The summed E-state index contributed by atoms with van der Waals surface area (Å²) >= 11 is 12.2. The van der Waals surface area contributed by atoms with Gasteiger partial charge in [0.25, 0.3) is 11.7 Å². The van der Waals surface area contributed by atoms with Crippen LogP contribution in [0.5, 0.6) is 11.5 Å². The van der Waals surface area contributed by atoms with Crippen molar-refractivity contribution in [2.75, 3.05) is 13.7 Å². The maximum absolute atomic E-state index is 13.1. The number of halogens is 2. The van der Waals surface area contributed by atoms with Crippen LogP contribution in [-0.4, -0.2) is 35.4 Å². The monoisotopic (exact) mass is 525 g/mol. The molecule has 1 fully saturated rings. The van der Waals surface area contributed by atoms with Crippen molar-refractivity contribution in [1.82, 2.24) is 4.90 Å². The number of carbonyl (C=O) groups excluding carboxylic acids is 2. The highest BCUT2D eigenvalue weighted by Crippen LogP contribution is 2.42. The van der Waals surface area contributed by atoms with Crippen LogP contribution in [0.2, 0.25) is 10.0 Å². The predicted octanol–water partition coefficient (Wildman–Crippen LogP) is 6.41. The van der Waals surface area contributed by atoms with Crippen LogP contribution in [-0.2, 0) is 16.2 Å². The minimum atomic E-state index is -0.815. The fourth-order valence-corrected chi connectivity index (χ4v) is 4.51. The van der Waals surface area contributed by atoms with Gasteiger partial charge in [0.05, 0.1) is 28.8 Å². The molecule has 4 rings (SSSR count). The van der Waals surface area contributed by atoms with Gasteiger partial charge in [0.15, 0.2) is 11.5 Å². The molecule has 3 aromatic carbocycles. The van der Waals surface area contributed by atoms with E-state index in [1.807, 2.05) is 37.3 Å². The molecule has 1 aliphatic heterocycles. The maximum atomic E-state index is 13.1. The van der Waals surface area contributed by atoms with Gasteiger partial charge in [-0.1, -0.05) is 66.5 Å². The third-order valence-electron chi connectivity index (χ3n) is 5.94. The molecule has 1 atom stereocenters. The number of aliphatic hydroxyl groups excluding tert-OH is 1. The van der Waals surface area contributed by atoms with E-state index in [1.54, 1.807) is 24.3 Å². The van der Waals surface area contributed by atoms with Crippen molar-refractivity contribution in [2.24, 2.45) is 0 Å². The molecular weight excluding hydrogens is 501 g/mol.